The van der Waals surface area contributed by atoms with Gasteiger partial charge >= 0.3 is 0 Å². The summed E-state index contributed by atoms with van der Waals surface area (Å²) in [4.78, 5) is 0. The number of halogens is 1. The van der Waals surface area contributed by atoms with Crippen LogP contribution in [0.15, 0.2) is 18.2 Å². The third-order valence-electron chi connectivity index (χ3n) is 3.53. The van der Waals surface area contributed by atoms with Gasteiger partial charge in [-0.25, -0.2) is 0 Å². The van der Waals surface area contributed by atoms with E-state index in [9.17, 15) is 0 Å². The fourth-order valence-electron chi connectivity index (χ4n) is 2.35. The van der Waals surface area contributed by atoms with E-state index < -0.39 is 0 Å². The predicted molar refractivity (Wildman–Crippen MR) is 71.6 cm³/mol. The first kappa shape index (κ1) is 12.7. The fourth-order valence-corrected chi connectivity index (χ4v) is 2.51. The molecule has 0 spiro atoms. The van der Waals surface area contributed by atoms with E-state index in [4.69, 9.17) is 22.1 Å². The Kier molecular flexibility index (Phi) is 3.95. The monoisotopic (exact) mass is 253 g/mol. The topological polar surface area (TPSA) is 35.2 Å². The van der Waals surface area contributed by atoms with E-state index >= 15 is 0 Å². The molecule has 0 aliphatic heterocycles. The molecule has 1 saturated carbocycles. The van der Waals surface area contributed by atoms with Crippen molar-refractivity contribution in [2.45, 2.75) is 45.3 Å². The summed E-state index contributed by atoms with van der Waals surface area (Å²) in [6.45, 7) is 4.29. The number of hydrogen-bond acceptors (Lipinski definition) is 2. The lowest BCUT2D eigenvalue weighted by atomic mass is 9.85. The number of rotatable bonds is 2. The summed E-state index contributed by atoms with van der Waals surface area (Å²) in [5.41, 5.74) is 7.23. The number of ether oxygens (including phenoxy) is 1. The number of hydrogen-bond donors (Lipinski definition) is 1. The van der Waals surface area contributed by atoms with Gasteiger partial charge in [0.25, 0.3) is 0 Å². The molecule has 3 heteroatoms. The molecule has 0 heterocycles. The highest BCUT2D eigenvalue weighted by Crippen LogP contribution is 2.29. The largest absolute Gasteiger partial charge is 0.488 e. The van der Waals surface area contributed by atoms with Gasteiger partial charge in [0.15, 0.2) is 0 Å². The molecule has 1 aromatic rings. The minimum absolute atomic E-state index is 0.121. The maximum absolute atomic E-state index is 6.12. The predicted octanol–water partition coefficient (Wildman–Crippen LogP) is 3.54. The Hall–Kier alpha value is -0.730. The fraction of sp³-hybridized carbons (Fsp3) is 0.571. The van der Waals surface area contributed by atoms with Crippen molar-refractivity contribution in [1.29, 1.82) is 0 Å². The second-order valence-electron chi connectivity index (χ2n) is 5.15. The van der Waals surface area contributed by atoms with Crippen LogP contribution >= 0.6 is 11.6 Å². The van der Waals surface area contributed by atoms with Crippen LogP contribution in [-0.4, -0.2) is 12.1 Å². The first-order valence-corrected chi connectivity index (χ1v) is 6.62. The van der Waals surface area contributed by atoms with Crippen LogP contribution < -0.4 is 10.5 Å². The van der Waals surface area contributed by atoms with Gasteiger partial charge in [0.2, 0.25) is 0 Å². The molecular formula is C14H20ClNO. The quantitative estimate of drug-likeness (QED) is 0.875. The highest BCUT2D eigenvalue weighted by Gasteiger charge is 2.27. The summed E-state index contributed by atoms with van der Waals surface area (Å²) in [5.74, 6) is 1.56. The van der Waals surface area contributed by atoms with Gasteiger partial charge in [0.1, 0.15) is 11.9 Å². The molecular weight excluding hydrogens is 234 g/mol. The van der Waals surface area contributed by atoms with Crippen LogP contribution in [0.3, 0.4) is 0 Å². The van der Waals surface area contributed by atoms with Gasteiger partial charge in [0.05, 0.1) is 0 Å². The highest BCUT2D eigenvalue weighted by molar-refractivity contribution is 6.30. The lowest BCUT2D eigenvalue weighted by Gasteiger charge is -2.33. The van der Waals surface area contributed by atoms with Crippen molar-refractivity contribution >= 4 is 11.6 Å². The maximum atomic E-state index is 6.12. The van der Waals surface area contributed by atoms with Crippen molar-refractivity contribution in [3.05, 3.63) is 28.8 Å². The average molecular weight is 254 g/mol. The van der Waals surface area contributed by atoms with Crippen LogP contribution in [0.2, 0.25) is 5.02 Å². The van der Waals surface area contributed by atoms with E-state index in [0.717, 1.165) is 24.2 Å². The Morgan fingerprint density at radius 1 is 1.35 bits per heavy atom. The van der Waals surface area contributed by atoms with Crippen molar-refractivity contribution in [2.24, 2.45) is 11.7 Å². The van der Waals surface area contributed by atoms with E-state index in [1.807, 2.05) is 25.1 Å². The van der Waals surface area contributed by atoms with Gasteiger partial charge in [-0.2, -0.15) is 0 Å². The molecule has 17 heavy (non-hydrogen) atoms. The zero-order valence-electron chi connectivity index (χ0n) is 10.4. The summed E-state index contributed by atoms with van der Waals surface area (Å²) in [6.07, 6.45) is 3.41. The molecule has 1 aliphatic rings. The SMILES string of the molecule is Cc1ccc(Cl)cc1OC1CC(C)CCC1N. The Balaban J connectivity index is 2.11. The molecule has 2 nitrogen and oxygen atoms in total. The molecule has 2 N–H and O–H groups in total. The Bertz CT molecular complexity index is 394. The molecule has 2 rings (SSSR count). The summed E-state index contributed by atoms with van der Waals surface area (Å²) in [7, 11) is 0. The first-order chi connectivity index (χ1) is 8.06. The third kappa shape index (κ3) is 3.14. The van der Waals surface area contributed by atoms with Crippen LogP contribution in [0.25, 0.3) is 0 Å². The Morgan fingerprint density at radius 3 is 2.88 bits per heavy atom. The van der Waals surface area contributed by atoms with Gasteiger partial charge in [-0.1, -0.05) is 24.6 Å². The molecule has 0 saturated heterocycles. The van der Waals surface area contributed by atoms with Crippen molar-refractivity contribution in [3.63, 3.8) is 0 Å². The van der Waals surface area contributed by atoms with Crippen molar-refractivity contribution in [3.8, 4) is 5.75 Å². The van der Waals surface area contributed by atoms with Gasteiger partial charge in [0, 0.05) is 11.1 Å². The Labute approximate surface area is 108 Å². The minimum Gasteiger partial charge on any atom is -0.488 e. The summed E-state index contributed by atoms with van der Waals surface area (Å²) < 4.78 is 6.04. The van der Waals surface area contributed by atoms with E-state index in [0.29, 0.717) is 10.9 Å². The maximum Gasteiger partial charge on any atom is 0.124 e. The lowest BCUT2D eigenvalue weighted by Crippen LogP contribution is -2.43. The minimum atomic E-state index is 0.121. The van der Waals surface area contributed by atoms with Gasteiger partial charge in [-0.3, -0.25) is 0 Å². The molecule has 0 amide bonds. The molecule has 1 aliphatic carbocycles. The van der Waals surface area contributed by atoms with Gasteiger partial charge < -0.3 is 10.5 Å². The van der Waals surface area contributed by atoms with Crippen LogP contribution in [0.4, 0.5) is 0 Å². The second kappa shape index (κ2) is 5.28. The van der Waals surface area contributed by atoms with Gasteiger partial charge in [-0.05, 0) is 49.8 Å². The van der Waals surface area contributed by atoms with Crippen molar-refractivity contribution in [1.82, 2.24) is 0 Å². The lowest BCUT2D eigenvalue weighted by molar-refractivity contribution is 0.107. The number of nitrogens with two attached hydrogens (primary N) is 1. The average Bonchev–Trinajstić information content (AvgIpc) is 2.28. The molecule has 0 bridgehead atoms. The Morgan fingerprint density at radius 2 is 2.12 bits per heavy atom. The zero-order valence-corrected chi connectivity index (χ0v) is 11.2. The van der Waals surface area contributed by atoms with E-state index in [-0.39, 0.29) is 12.1 Å². The third-order valence-corrected chi connectivity index (χ3v) is 3.77. The summed E-state index contributed by atoms with van der Waals surface area (Å²) in [5, 5.41) is 0.711. The van der Waals surface area contributed by atoms with Crippen molar-refractivity contribution < 1.29 is 4.74 Å². The van der Waals surface area contributed by atoms with E-state index in [2.05, 4.69) is 6.92 Å². The zero-order chi connectivity index (χ0) is 12.4. The van der Waals surface area contributed by atoms with Crippen LogP contribution in [0.1, 0.15) is 31.7 Å². The number of benzene rings is 1. The normalized spacial score (nSPS) is 29.1. The van der Waals surface area contributed by atoms with Crippen LogP contribution in [0.5, 0.6) is 5.75 Å². The standard InChI is InChI=1S/C14H20ClNO/c1-9-3-6-12(16)14(7-9)17-13-8-11(15)5-4-10(13)2/h4-5,8-9,12,14H,3,6-7,16H2,1-2H3. The number of aryl methyl sites for hydroxylation is 1. The smallest absolute Gasteiger partial charge is 0.124 e. The summed E-state index contributed by atoms with van der Waals surface area (Å²) in [6, 6.07) is 5.88. The van der Waals surface area contributed by atoms with Crippen LogP contribution in [0, 0.1) is 12.8 Å². The highest BCUT2D eigenvalue weighted by atomic mass is 35.5. The summed E-state index contributed by atoms with van der Waals surface area (Å²) >= 11 is 5.99. The molecule has 3 unspecified atom stereocenters. The van der Waals surface area contributed by atoms with E-state index in [1.165, 1.54) is 6.42 Å². The molecule has 0 aromatic heterocycles. The molecule has 94 valence electrons. The molecule has 1 fully saturated rings. The molecule has 1 aromatic carbocycles. The second-order valence-corrected chi connectivity index (χ2v) is 5.58. The molecule has 3 atom stereocenters. The van der Waals surface area contributed by atoms with Crippen molar-refractivity contribution in [2.75, 3.05) is 0 Å². The molecule has 0 radical (unpaired) electrons. The van der Waals surface area contributed by atoms with E-state index in [1.54, 1.807) is 0 Å². The van der Waals surface area contributed by atoms with Gasteiger partial charge in [-0.15, -0.1) is 0 Å². The first-order valence-electron chi connectivity index (χ1n) is 6.24. The van der Waals surface area contributed by atoms with Crippen LogP contribution in [-0.2, 0) is 0 Å².